The first-order valence-corrected chi connectivity index (χ1v) is 11.9. The molecule has 1 aliphatic heterocycles. The van der Waals surface area contributed by atoms with E-state index in [2.05, 4.69) is 20.7 Å². The molecule has 0 radical (unpaired) electrons. The number of benzene rings is 2. The van der Waals surface area contributed by atoms with Crippen LogP contribution in [0.25, 0.3) is 0 Å². The van der Waals surface area contributed by atoms with Crippen molar-refractivity contribution in [2.24, 2.45) is 0 Å². The molecule has 0 atom stereocenters. The second kappa shape index (κ2) is 9.69. The van der Waals surface area contributed by atoms with Crippen molar-refractivity contribution < 1.29 is 22.8 Å². The first-order chi connectivity index (χ1) is 14.7. The maximum Gasteiger partial charge on any atom is 0.243 e. The van der Waals surface area contributed by atoms with Crippen LogP contribution in [0.15, 0.2) is 46.2 Å². The number of hydrogen-bond donors (Lipinski definition) is 4. The van der Waals surface area contributed by atoms with Crippen molar-refractivity contribution >= 4 is 62.5 Å². The average molecular weight is 483 g/mol. The minimum absolute atomic E-state index is 0.0870. The van der Waals surface area contributed by atoms with Gasteiger partial charge in [-0.2, -0.15) is 0 Å². The normalized spacial score (nSPS) is 13.2. The third-order valence-electron chi connectivity index (χ3n) is 4.30. The largest absolute Gasteiger partial charge is 0.346 e. The third kappa shape index (κ3) is 5.97. The number of carbonyl (C=O) groups excluding carboxylic acids is 3. The van der Waals surface area contributed by atoms with E-state index in [-0.39, 0.29) is 23.1 Å². The van der Waals surface area contributed by atoms with Gasteiger partial charge in [-0.1, -0.05) is 17.7 Å². The van der Waals surface area contributed by atoms with Crippen LogP contribution in [0.3, 0.4) is 0 Å². The van der Waals surface area contributed by atoms with Crippen LogP contribution < -0.4 is 20.7 Å². The standard InChI is InChI=1S/C19H19ClN4O5S2/c1-11-13(20)3-2-4-14(11)23-18(26)8-21-17(25)9-22-31(28,29)12-5-6-16-15(7-12)24-19(27)10-30-16/h2-7,22H,8-10H2,1H3,(H,21,25)(H,23,26)(H,24,27). The van der Waals surface area contributed by atoms with E-state index in [1.165, 1.54) is 23.9 Å². The molecule has 0 spiro atoms. The number of carbonyl (C=O) groups is 3. The molecular formula is C19H19ClN4O5S2. The topological polar surface area (TPSA) is 133 Å². The molecule has 0 unspecified atom stereocenters. The summed E-state index contributed by atoms with van der Waals surface area (Å²) in [4.78, 5) is 36.2. The highest BCUT2D eigenvalue weighted by Gasteiger charge is 2.21. The fourth-order valence-corrected chi connectivity index (χ4v) is 4.62. The highest BCUT2D eigenvalue weighted by Crippen LogP contribution is 2.33. The van der Waals surface area contributed by atoms with Crippen LogP contribution in [0, 0.1) is 6.92 Å². The quantitative estimate of drug-likeness (QED) is 0.475. The van der Waals surface area contributed by atoms with Gasteiger partial charge in [0.15, 0.2) is 0 Å². The van der Waals surface area contributed by atoms with Gasteiger partial charge in [-0.15, -0.1) is 11.8 Å². The molecule has 0 aliphatic carbocycles. The molecule has 164 valence electrons. The van der Waals surface area contributed by atoms with E-state index in [0.29, 0.717) is 22.0 Å². The van der Waals surface area contributed by atoms with Crippen LogP contribution in [-0.4, -0.2) is 45.0 Å². The van der Waals surface area contributed by atoms with Crippen LogP contribution in [0.2, 0.25) is 5.02 Å². The number of thioether (sulfide) groups is 1. The van der Waals surface area contributed by atoms with Crippen LogP contribution in [0.1, 0.15) is 5.56 Å². The van der Waals surface area contributed by atoms with Crippen molar-refractivity contribution in [1.82, 2.24) is 10.0 Å². The van der Waals surface area contributed by atoms with Gasteiger partial charge in [0.05, 0.1) is 29.4 Å². The smallest absolute Gasteiger partial charge is 0.243 e. The number of halogens is 1. The van der Waals surface area contributed by atoms with Crippen LogP contribution in [0.4, 0.5) is 11.4 Å². The van der Waals surface area contributed by atoms with Gasteiger partial charge in [0.25, 0.3) is 0 Å². The number of anilines is 2. The van der Waals surface area contributed by atoms with E-state index in [4.69, 9.17) is 11.6 Å². The Morgan fingerprint density at radius 3 is 2.71 bits per heavy atom. The molecule has 1 heterocycles. The van der Waals surface area contributed by atoms with E-state index < -0.39 is 28.4 Å². The molecule has 2 aromatic carbocycles. The summed E-state index contributed by atoms with van der Waals surface area (Å²) in [5, 5.41) is 8.08. The summed E-state index contributed by atoms with van der Waals surface area (Å²) in [6.45, 7) is 0.856. The zero-order chi connectivity index (χ0) is 22.6. The molecule has 0 fully saturated rings. The molecule has 3 amide bonds. The monoisotopic (exact) mass is 482 g/mol. The summed E-state index contributed by atoms with van der Waals surface area (Å²) in [7, 11) is -3.99. The number of nitrogens with one attached hydrogen (secondary N) is 4. The lowest BCUT2D eigenvalue weighted by Gasteiger charge is -2.17. The lowest BCUT2D eigenvalue weighted by atomic mass is 10.2. The molecule has 9 nitrogen and oxygen atoms in total. The summed E-state index contributed by atoms with van der Waals surface area (Å²) >= 11 is 7.31. The predicted octanol–water partition coefficient (Wildman–Crippen LogP) is 1.73. The Bertz CT molecular complexity index is 1150. The molecule has 0 saturated carbocycles. The fourth-order valence-electron chi connectivity index (χ4n) is 2.65. The second-order valence-electron chi connectivity index (χ2n) is 6.56. The third-order valence-corrected chi connectivity index (χ3v) is 7.19. The van der Waals surface area contributed by atoms with Crippen molar-refractivity contribution in [2.45, 2.75) is 16.7 Å². The van der Waals surface area contributed by atoms with Gasteiger partial charge >= 0.3 is 0 Å². The summed E-state index contributed by atoms with van der Waals surface area (Å²) in [6, 6.07) is 9.37. The Kier molecular flexibility index (Phi) is 7.21. The van der Waals surface area contributed by atoms with Gasteiger partial charge in [-0.25, -0.2) is 13.1 Å². The minimum Gasteiger partial charge on any atom is -0.346 e. The highest BCUT2D eigenvalue weighted by atomic mass is 35.5. The molecule has 0 saturated heterocycles. The zero-order valence-electron chi connectivity index (χ0n) is 16.3. The maximum atomic E-state index is 12.5. The van der Waals surface area contributed by atoms with E-state index in [9.17, 15) is 22.8 Å². The summed E-state index contributed by atoms with van der Waals surface area (Å²) in [5.41, 5.74) is 1.61. The summed E-state index contributed by atoms with van der Waals surface area (Å²) in [5.74, 6) is -1.11. The van der Waals surface area contributed by atoms with Gasteiger partial charge in [-0.3, -0.25) is 14.4 Å². The van der Waals surface area contributed by atoms with Crippen molar-refractivity contribution in [1.29, 1.82) is 0 Å². The molecule has 3 rings (SSSR count). The number of amides is 3. The number of sulfonamides is 1. The molecule has 1 aliphatic rings. The number of rotatable bonds is 7. The van der Waals surface area contributed by atoms with E-state index >= 15 is 0 Å². The Hall–Kier alpha value is -2.60. The molecule has 0 aromatic heterocycles. The van der Waals surface area contributed by atoms with Crippen molar-refractivity contribution in [2.75, 3.05) is 29.5 Å². The molecule has 2 aromatic rings. The van der Waals surface area contributed by atoms with Crippen molar-refractivity contribution in [3.05, 3.63) is 47.0 Å². The maximum absolute atomic E-state index is 12.5. The van der Waals surface area contributed by atoms with Gasteiger partial charge < -0.3 is 16.0 Å². The fraction of sp³-hybridized carbons (Fsp3) is 0.211. The first kappa shape index (κ1) is 23.1. The Morgan fingerprint density at radius 2 is 1.94 bits per heavy atom. The van der Waals surface area contributed by atoms with Gasteiger partial charge in [0.2, 0.25) is 27.7 Å². The second-order valence-corrected chi connectivity index (χ2v) is 9.75. The predicted molar refractivity (Wildman–Crippen MR) is 119 cm³/mol. The SMILES string of the molecule is Cc1c(Cl)cccc1NC(=O)CNC(=O)CNS(=O)(=O)c1ccc2c(c1)NC(=O)CS2. The first-order valence-electron chi connectivity index (χ1n) is 9.04. The van der Waals surface area contributed by atoms with Gasteiger partial charge in [0, 0.05) is 15.6 Å². The minimum atomic E-state index is -3.99. The average Bonchev–Trinajstić information content (AvgIpc) is 2.73. The lowest BCUT2D eigenvalue weighted by Crippen LogP contribution is -2.40. The van der Waals surface area contributed by atoms with Crippen molar-refractivity contribution in [3.63, 3.8) is 0 Å². The Labute approximate surface area is 188 Å². The molecule has 31 heavy (non-hydrogen) atoms. The van der Waals surface area contributed by atoms with Gasteiger partial charge in [-0.05, 0) is 42.8 Å². The summed E-state index contributed by atoms with van der Waals surface area (Å²) < 4.78 is 27.1. The van der Waals surface area contributed by atoms with Crippen LogP contribution >= 0.6 is 23.4 Å². The number of hydrogen-bond acceptors (Lipinski definition) is 6. The van der Waals surface area contributed by atoms with Gasteiger partial charge in [0.1, 0.15) is 0 Å². The van der Waals surface area contributed by atoms with Crippen LogP contribution in [-0.2, 0) is 24.4 Å². The highest BCUT2D eigenvalue weighted by molar-refractivity contribution is 8.00. The molecule has 4 N–H and O–H groups in total. The Morgan fingerprint density at radius 1 is 1.16 bits per heavy atom. The van der Waals surface area contributed by atoms with Crippen molar-refractivity contribution in [3.8, 4) is 0 Å². The molecule has 0 bridgehead atoms. The van der Waals surface area contributed by atoms with Crippen LogP contribution in [0.5, 0.6) is 0 Å². The molecule has 12 heteroatoms. The summed E-state index contributed by atoms with van der Waals surface area (Å²) in [6.07, 6.45) is 0. The Balaban J connectivity index is 1.52. The zero-order valence-corrected chi connectivity index (χ0v) is 18.7. The van der Waals surface area contributed by atoms with E-state index in [1.54, 1.807) is 31.2 Å². The number of fused-ring (bicyclic) bond motifs is 1. The van der Waals surface area contributed by atoms with E-state index in [1.807, 2.05) is 0 Å². The lowest BCUT2D eigenvalue weighted by molar-refractivity contribution is -0.123. The molecular weight excluding hydrogens is 464 g/mol. The van der Waals surface area contributed by atoms with E-state index in [0.717, 1.165) is 4.90 Å².